The van der Waals surface area contributed by atoms with E-state index in [0.717, 1.165) is 4.31 Å². The van der Waals surface area contributed by atoms with Gasteiger partial charge >= 0.3 is 5.97 Å². The monoisotopic (exact) mass is 289 g/mol. The van der Waals surface area contributed by atoms with Crippen LogP contribution in [0.25, 0.3) is 0 Å². The standard InChI is InChI=1S/C11H19N3O4S/c1-5-14-7-10(12-9(14)3)19(16,17)13(4)8-11(15)18-6-2/h7H,5-6,8H2,1-4H3. The van der Waals surface area contributed by atoms with Crippen LogP contribution in [-0.4, -0.2) is 48.4 Å². The predicted molar refractivity (Wildman–Crippen MR) is 69.1 cm³/mol. The minimum Gasteiger partial charge on any atom is -0.465 e. The second kappa shape index (κ2) is 6.16. The van der Waals surface area contributed by atoms with Crippen LogP contribution in [-0.2, 0) is 26.1 Å². The van der Waals surface area contributed by atoms with Crippen LogP contribution >= 0.6 is 0 Å². The fraction of sp³-hybridized carbons (Fsp3) is 0.636. The number of aromatic nitrogens is 2. The predicted octanol–water partition coefficient (Wildman–Crippen LogP) is 0.395. The molecule has 108 valence electrons. The molecule has 0 bridgehead atoms. The van der Waals surface area contributed by atoms with Gasteiger partial charge in [-0.2, -0.15) is 4.31 Å². The first-order valence-corrected chi connectivity index (χ1v) is 7.42. The molecular formula is C11H19N3O4S. The first-order valence-electron chi connectivity index (χ1n) is 5.98. The molecule has 0 aromatic carbocycles. The summed E-state index contributed by atoms with van der Waals surface area (Å²) in [6, 6.07) is 0. The number of esters is 1. The third-order valence-electron chi connectivity index (χ3n) is 2.63. The van der Waals surface area contributed by atoms with E-state index in [-0.39, 0.29) is 18.2 Å². The maximum Gasteiger partial charge on any atom is 0.321 e. The minimum absolute atomic E-state index is 0.0568. The summed E-state index contributed by atoms with van der Waals surface area (Å²) in [4.78, 5) is 15.3. The summed E-state index contributed by atoms with van der Waals surface area (Å²) < 4.78 is 31.8. The van der Waals surface area contributed by atoms with E-state index in [9.17, 15) is 13.2 Å². The minimum atomic E-state index is -3.76. The van der Waals surface area contributed by atoms with Gasteiger partial charge in [0.15, 0.2) is 5.03 Å². The summed E-state index contributed by atoms with van der Waals surface area (Å²) in [5, 5.41) is -0.0568. The molecule has 0 amide bonds. The lowest BCUT2D eigenvalue weighted by Crippen LogP contribution is -2.33. The van der Waals surface area contributed by atoms with E-state index in [0.29, 0.717) is 12.4 Å². The van der Waals surface area contributed by atoms with Crippen molar-refractivity contribution in [2.45, 2.75) is 32.3 Å². The van der Waals surface area contributed by atoms with Gasteiger partial charge in [-0.05, 0) is 20.8 Å². The zero-order valence-electron chi connectivity index (χ0n) is 11.6. The van der Waals surface area contributed by atoms with Gasteiger partial charge in [0.1, 0.15) is 12.4 Å². The highest BCUT2D eigenvalue weighted by molar-refractivity contribution is 7.89. The Morgan fingerprint density at radius 3 is 2.58 bits per heavy atom. The Hall–Kier alpha value is -1.41. The van der Waals surface area contributed by atoms with Crippen molar-refractivity contribution < 1.29 is 17.9 Å². The molecule has 0 aliphatic rings. The third-order valence-corrected chi connectivity index (χ3v) is 4.30. The SMILES string of the molecule is CCOC(=O)CN(C)S(=O)(=O)c1cn(CC)c(C)n1. The van der Waals surface area contributed by atoms with Crippen LogP contribution in [0.2, 0.25) is 0 Å². The van der Waals surface area contributed by atoms with Gasteiger partial charge in [-0.1, -0.05) is 0 Å². The Morgan fingerprint density at radius 1 is 1.47 bits per heavy atom. The van der Waals surface area contributed by atoms with Gasteiger partial charge in [-0.15, -0.1) is 0 Å². The van der Waals surface area contributed by atoms with Crippen LogP contribution in [0.4, 0.5) is 0 Å². The van der Waals surface area contributed by atoms with Crippen molar-refractivity contribution in [1.82, 2.24) is 13.9 Å². The van der Waals surface area contributed by atoms with Crippen LogP contribution in [0.5, 0.6) is 0 Å². The topological polar surface area (TPSA) is 81.5 Å². The highest BCUT2D eigenvalue weighted by Crippen LogP contribution is 2.13. The molecule has 1 aromatic rings. The zero-order valence-corrected chi connectivity index (χ0v) is 12.4. The molecule has 1 aromatic heterocycles. The number of hydrogen-bond acceptors (Lipinski definition) is 5. The number of imidazole rings is 1. The first kappa shape index (κ1) is 15.6. The van der Waals surface area contributed by atoms with Gasteiger partial charge in [0.25, 0.3) is 10.0 Å². The van der Waals surface area contributed by atoms with Gasteiger partial charge in [0.2, 0.25) is 0 Å². The molecule has 0 atom stereocenters. The van der Waals surface area contributed by atoms with E-state index in [4.69, 9.17) is 4.74 Å². The summed E-state index contributed by atoms with van der Waals surface area (Å²) >= 11 is 0. The Balaban J connectivity index is 2.93. The normalized spacial score (nSPS) is 11.8. The number of sulfonamides is 1. The molecule has 0 N–H and O–H groups in total. The first-order chi connectivity index (χ1) is 8.82. The fourth-order valence-corrected chi connectivity index (χ4v) is 2.66. The molecule has 0 radical (unpaired) electrons. The van der Waals surface area contributed by atoms with E-state index in [2.05, 4.69) is 4.98 Å². The number of carbonyl (C=O) groups is 1. The van der Waals surface area contributed by atoms with Crippen molar-refractivity contribution in [3.63, 3.8) is 0 Å². The number of likely N-dealkylation sites (N-methyl/N-ethyl adjacent to an activating group) is 1. The lowest BCUT2D eigenvalue weighted by molar-refractivity contribution is -0.143. The van der Waals surface area contributed by atoms with Gasteiger partial charge in [-0.3, -0.25) is 4.79 Å². The number of aryl methyl sites for hydroxylation is 2. The quantitative estimate of drug-likeness (QED) is 0.708. The fourth-order valence-electron chi connectivity index (χ4n) is 1.56. The highest BCUT2D eigenvalue weighted by atomic mass is 32.2. The largest absolute Gasteiger partial charge is 0.465 e. The van der Waals surface area contributed by atoms with E-state index in [1.165, 1.54) is 13.2 Å². The highest BCUT2D eigenvalue weighted by Gasteiger charge is 2.26. The van der Waals surface area contributed by atoms with Crippen LogP contribution in [0.1, 0.15) is 19.7 Å². The molecule has 0 fully saturated rings. The number of hydrogen-bond donors (Lipinski definition) is 0. The summed E-state index contributed by atoms with van der Waals surface area (Å²) in [6.45, 7) is 5.82. The molecule has 8 heteroatoms. The van der Waals surface area contributed by atoms with Crippen LogP contribution in [0, 0.1) is 6.92 Å². The van der Waals surface area contributed by atoms with Crippen molar-refractivity contribution >= 4 is 16.0 Å². The lowest BCUT2D eigenvalue weighted by atomic mass is 10.6. The van der Waals surface area contributed by atoms with E-state index in [1.807, 2.05) is 6.92 Å². The van der Waals surface area contributed by atoms with Gasteiger partial charge in [0.05, 0.1) is 6.61 Å². The molecular weight excluding hydrogens is 270 g/mol. The van der Waals surface area contributed by atoms with Gasteiger partial charge in [-0.25, -0.2) is 13.4 Å². The maximum atomic E-state index is 12.2. The average Bonchev–Trinajstić information content (AvgIpc) is 2.71. The van der Waals surface area contributed by atoms with E-state index in [1.54, 1.807) is 18.4 Å². The molecule has 0 saturated heterocycles. The summed E-state index contributed by atoms with van der Waals surface area (Å²) in [5.41, 5.74) is 0. The van der Waals surface area contributed by atoms with Crippen molar-refractivity contribution in [3.8, 4) is 0 Å². The van der Waals surface area contributed by atoms with Crippen molar-refractivity contribution in [3.05, 3.63) is 12.0 Å². The molecule has 0 aliphatic carbocycles. The van der Waals surface area contributed by atoms with Crippen LogP contribution in [0.15, 0.2) is 11.2 Å². The zero-order chi connectivity index (χ0) is 14.6. The Morgan fingerprint density at radius 2 is 2.11 bits per heavy atom. The number of ether oxygens (including phenoxy) is 1. The maximum absolute atomic E-state index is 12.2. The molecule has 1 heterocycles. The Kier molecular flexibility index (Phi) is 5.07. The number of rotatable bonds is 6. The van der Waals surface area contributed by atoms with Crippen molar-refractivity contribution in [1.29, 1.82) is 0 Å². The summed E-state index contributed by atoms with van der Waals surface area (Å²) in [6.07, 6.45) is 1.46. The Bertz CT molecular complexity index is 550. The molecule has 0 unspecified atom stereocenters. The molecule has 0 saturated carbocycles. The molecule has 0 aliphatic heterocycles. The van der Waals surface area contributed by atoms with E-state index < -0.39 is 16.0 Å². The number of nitrogens with zero attached hydrogens (tertiary/aromatic N) is 3. The van der Waals surface area contributed by atoms with Gasteiger partial charge in [0, 0.05) is 19.8 Å². The second-order valence-electron chi connectivity index (χ2n) is 3.98. The summed E-state index contributed by atoms with van der Waals surface area (Å²) in [5.74, 6) is 0.0332. The number of carbonyl (C=O) groups excluding carboxylic acids is 1. The lowest BCUT2D eigenvalue weighted by Gasteiger charge is -2.14. The third kappa shape index (κ3) is 3.54. The molecule has 1 rings (SSSR count). The van der Waals surface area contributed by atoms with Crippen LogP contribution in [0.3, 0.4) is 0 Å². The molecule has 19 heavy (non-hydrogen) atoms. The molecule has 0 spiro atoms. The molecule has 7 nitrogen and oxygen atoms in total. The smallest absolute Gasteiger partial charge is 0.321 e. The van der Waals surface area contributed by atoms with Crippen molar-refractivity contribution in [2.24, 2.45) is 0 Å². The summed E-state index contributed by atoms with van der Waals surface area (Å²) in [7, 11) is -2.44. The van der Waals surface area contributed by atoms with E-state index >= 15 is 0 Å². The van der Waals surface area contributed by atoms with Crippen molar-refractivity contribution in [2.75, 3.05) is 20.2 Å². The second-order valence-corrected chi connectivity index (χ2v) is 5.97. The average molecular weight is 289 g/mol. The van der Waals surface area contributed by atoms with Crippen LogP contribution < -0.4 is 0 Å². The van der Waals surface area contributed by atoms with Gasteiger partial charge < -0.3 is 9.30 Å². The Labute approximate surface area is 113 Å².